The number of hydrogen-bond acceptors (Lipinski definition) is 3. The minimum atomic E-state index is -0.471. The molecule has 1 atom stereocenters. The highest BCUT2D eigenvalue weighted by Crippen LogP contribution is 2.62. The van der Waals surface area contributed by atoms with E-state index in [9.17, 15) is 0 Å². The van der Waals surface area contributed by atoms with Gasteiger partial charge in [-0.15, -0.1) is 0 Å². The molecule has 4 aromatic rings. The number of rotatable bonds is 2. The van der Waals surface area contributed by atoms with Crippen LogP contribution in [0.5, 0.6) is 0 Å². The fourth-order valence-electron chi connectivity index (χ4n) is 5.78. The third-order valence-corrected chi connectivity index (χ3v) is 6.95. The summed E-state index contributed by atoms with van der Waals surface area (Å²) in [7, 11) is 0. The largest absolute Gasteiger partial charge is 0.385 e. The highest BCUT2D eigenvalue weighted by molar-refractivity contribution is 6.16. The van der Waals surface area contributed by atoms with Crippen molar-refractivity contribution in [1.29, 1.82) is 5.41 Å². The number of aromatic nitrogens is 2. The van der Waals surface area contributed by atoms with Crippen LogP contribution in [-0.4, -0.2) is 16.2 Å². The zero-order valence-corrected chi connectivity index (χ0v) is 17.5. The lowest BCUT2D eigenvalue weighted by Gasteiger charge is -2.31. The minimum Gasteiger partial charge on any atom is -0.385 e. The standard InChI is InChI=1S/C27H22N4/c1-3-8-18-24-25(31-26(18)29)23-20(14-30-24)17-10-5-7-12-22(17)27(23)15(2)19(13-28)16-9-4-6-11-21(16)27/h3-14,28,31H,29H2,1-2H3. The van der Waals surface area contributed by atoms with Gasteiger partial charge in [-0.1, -0.05) is 60.7 Å². The van der Waals surface area contributed by atoms with Crippen molar-refractivity contribution in [2.45, 2.75) is 19.3 Å². The molecule has 6 rings (SSSR count). The van der Waals surface area contributed by atoms with E-state index in [-0.39, 0.29) is 0 Å². The second kappa shape index (κ2) is 6.05. The molecule has 0 aliphatic heterocycles. The Kier molecular flexibility index (Phi) is 3.49. The summed E-state index contributed by atoms with van der Waals surface area (Å²) in [5.74, 6) is 0.625. The number of H-pyrrole nitrogens is 1. The fraction of sp³-hybridized carbons (Fsp3) is 0.111. The van der Waals surface area contributed by atoms with Crippen LogP contribution in [0.4, 0.5) is 5.82 Å². The first-order valence-electron chi connectivity index (χ1n) is 10.5. The molecule has 2 aliphatic carbocycles. The SMILES string of the molecule is CC=Cc1c(N)[nH]c2c3c(cnc12)-c1ccccc1C31C(C)=C(C=N)c2ccccc21. The Morgan fingerprint density at radius 1 is 1.00 bits per heavy atom. The maximum absolute atomic E-state index is 8.20. The van der Waals surface area contributed by atoms with E-state index in [1.165, 1.54) is 34.0 Å². The predicted molar refractivity (Wildman–Crippen MR) is 128 cm³/mol. The molecule has 4 N–H and O–H groups in total. The lowest BCUT2D eigenvalue weighted by Crippen LogP contribution is -2.26. The van der Waals surface area contributed by atoms with Gasteiger partial charge in [0, 0.05) is 34.7 Å². The van der Waals surface area contributed by atoms with Crippen molar-refractivity contribution >= 4 is 34.7 Å². The molecule has 150 valence electrons. The smallest absolute Gasteiger partial charge is 0.110 e. The summed E-state index contributed by atoms with van der Waals surface area (Å²) in [4.78, 5) is 8.31. The lowest BCUT2D eigenvalue weighted by molar-refractivity contribution is 0.771. The quantitative estimate of drug-likeness (QED) is 0.363. The van der Waals surface area contributed by atoms with Crippen LogP contribution in [-0.2, 0) is 5.41 Å². The van der Waals surface area contributed by atoms with Crippen LogP contribution in [0.15, 0.2) is 66.4 Å². The first kappa shape index (κ1) is 17.9. The molecular weight excluding hydrogens is 380 g/mol. The number of nitrogens with zero attached hydrogens (tertiary/aromatic N) is 1. The number of allylic oxidation sites excluding steroid dienone is 3. The summed E-state index contributed by atoms with van der Waals surface area (Å²) in [5.41, 5.74) is 17.9. The highest BCUT2D eigenvalue weighted by atomic mass is 14.9. The number of aromatic amines is 1. The third-order valence-electron chi connectivity index (χ3n) is 6.95. The van der Waals surface area contributed by atoms with Crippen LogP contribution in [0, 0.1) is 5.41 Å². The van der Waals surface area contributed by atoms with E-state index >= 15 is 0 Å². The van der Waals surface area contributed by atoms with E-state index in [0.717, 1.165) is 33.3 Å². The Balaban J connectivity index is 1.87. The van der Waals surface area contributed by atoms with Gasteiger partial charge in [0.05, 0.1) is 16.4 Å². The highest BCUT2D eigenvalue weighted by Gasteiger charge is 2.52. The summed E-state index contributed by atoms with van der Waals surface area (Å²) in [6, 6.07) is 17.0. The maximum atomic E-state index is 8.20. The van der Waals surface area contributed by atoms with Gasteiger partial charge in [0.15, 0.2) is 0 Å². The first-order chi connectivity index (χ1) is 15.1. The fourth-order valence-corrected chi connectivity index (χ4v) is 5.78. The van der Waals surface area contributed by atoms with Gasteiger partial charge in [-0.3, -0.25) is 4.98 Å². The van der Waals surface area contributed by atoms with Crippen LogP contribution >= 0.6 is 0 Å². The normalized spacial score (nSPS) is 18.8. The molecule has 1 spiro atoms. The van der Waals surface area contributed by atoms with Gasteiger partial charge in [-0.05, 0) is 41.7 Å². The molecule has 4 heteroatoms. The third kappa shape index (κ3) is 1.95. The average molecular weight is 403 g/mol. The van der Waals surface area contributed by atoms with E-state index in [1.54, 1.807) is 0 Å². The number of nitrogens with one attached hydrogen (secondary N) is 2. The van der Waals surface area contributed by atoms with E-state index in [4.69, 9.17) is 16.1 Å². The van der Waals surface area contributed by atoms with Gasteiger partial charge in [0.1, 0.15) is 5.82 Å². The Hall–Kier alpha value is -3.92. The van der Waals surface area contributed by atoms with E-state index in [1.807, 2.05) is 25.3 Å². The molecule has 4 nitrogen and oxygen atoms in total. The zero-order chi connectivity index (χ0) is 21.3. The number of pyridine rings is 1. The van der Waals surface area contributed by atoms with Crippen molar-refractivity contribution in [3.63, 3.8) is 0 Å². The number of anilines is 1. The Bertz CT molecular complexity index is 1480. The molecule has 1 unspecified atom stereocenters. The van der Waals surface area contributed by atoms with Crippen molar-refractivity contribution in [3.05, 3.63) is 94.2 Å². The molecule has 0 amide bonds. The van der Waals surface area contributed by atoms with Crippen LogP contribution in [0.2, 0.25) is 0 Å². The first-order valence-corrected chi connectivity index (χ1v) is 10.5. The van der Waals surface area contributed by atoms with Crippen molar-refractivity contribution < 1.29 is 0 Å². The second-order valence-corrected chi connectivity index (χ2v) is 8.25. The topological polar surface area (TPSA) is 78.6 Å². The molecule has 0 radical (unpaired) electrons. The minimum absolute atomic E-state index is 0.471. The van der Waals surface area contributed by atoms with Crippen molar-refractivity contribution in [2.24, 2.45) is 0 Å². The average Bonchev–Trinajstić information content (AvgIpc) is 3.36. The molecule has 0 fully saturated rings. The molecule has 0 saturated heterocycles. The summed E-state index contributed by atoms with van der Waals surface area (Å²) in [6.45, 7) is 4.15. The second-order valence-electron chi connectivity index (χ2n) is 8.25. The Morgan fingerprint density at radius 3 is 2.39 bits per heavy atom. The van der Waals surface area contributed by atoms with Crippen molar-refractivity contribution in [3.8, 4) is 11.1 Å². The number of nitrogens with two attached hydrogens (primary N) is 1. The monoisotopic (exact) mass is 402 g/mol. The number of nitrogen functional groups attached to an aromatic ring is 1. The van der Waals surface area contributed by atoms with Gasteiger partial charge in [0.25, 0.3) is 0 Å². The Morgan fingerprint density at radius 2 is 1.68 bits per heavy atom. The summed E-state index contributed by atoms with van der Waals surface area (Å²) in [5, 5.41) is 8.20. The van der Waals surface area contributed by atoms with Crippen molar-refractivity contribution in [2.75, 3.05) is 5.73 Å². The number of fused-ring (bicyclic) bond motifs is 9. The van der Waals surface area contributed by atoms with Gasteiger partial charge in [-0.25, -0.2) is 0 Å². The molecule has 2 aromatic heterocycles. The molecular formula is C27H22N4. The summed E-state index contributed by atoms with van der Waals surface area (Å²) in [6.07, 6.45) is 7.48. The molecule has 0 saturated carbocycles. The van der Waals surface area contributed by atoms with E-state index in [0.29, 0.717) is 5.82 Å². The maximum Gasteiger partial charge on any atom is 0.110 e. The van der Waals surface area contributed by atoms with Gasteiger partial charge in [-0.2, -0.15) is 0 Å². The molecule has 2 aliphatic rings. The van der Waals surface area contributed by atoms with Crippen molar-refractivity contribution in [1.82, 2.24) is 9.97 Å². The molecule has 2 aromatic carbocycles. The van der Waals surface area contributed by atoms with Gasteiger partial charge >= 0.3 is 0 Å². The van der Waals surface area contributed by atoms with E-state index < -0.39 is 5.41 Å². The van der Waals surface area contributed by atoms with Crippen LogP contribution in [0.1, 0.15) is 41.7 Å². The lowest BCUT2D eigenvalue weighted by atomic mass is 9.70. The zero-order valence-electron chi connectivity index (χ0n) is 17.5. The Labute approximate surface area is 180 Å². The van der Waals surface area contributed by atoms with Crippen LogP contribution < -0.4 is 5.73 Å². The van der Waals surface area contributed by atoms with E-state index in [2.05, 4.69) is 60.4 Å². The number of hydrogen-bond donors (Lipinski definition) is 3. The predicted octanol–water partition coefficient (Wildman–Crippen LogP) is 5.93. The molecule has 2 heterocycles. The summed E-state index contributed by atoms with van der Waals surface area (Å²) >= 11 is 0. The number of benzene rings is 2. The van der Waals surface area contributed by atoms with Crippen LogP contribution in [0.3, 0.4) is 0 Å². The van der Waals surface area contributed by atoms with Crippen LogP contribution in [0.25, 0.3) is 33.8 Å². The van der Waals surface area contributed by atoms with Gasteiger partial charge < -0.3 is 16.1 Å². The molecule has 0 bridgehead atoms. The summed E-state index contributed by atoms with van der Waals surface area (Å²) < 4.78 is 0. The molecule has 31 heavy (non-hydrogen) atoms. The van der Waals surface area contributed by atoms with Gasteiger partial charge in [0.2, 0.25) is 0 Å².